The maximum absolute atomic E-state index is 4.53. The molecule has 0 amide bonds. The van der Waals surface area contributed by atoms with Crippen molar-refractivity contribution in [2.24, 2.45) is 0 Å². The quantitative estimate of drug-likeness (QED) is 0.767. The van der Waals surface area contributed by atoms with Crippen LogP contribution in [0.2, 0.25) is 0 Å². The highest BCUT2D eigenvalue weighted by molar-refractivity contribution is 9.09. The van der Waals surface area contributed by atoms with Crippen molar-refractivity contribution in [2.45, 2.75) is 39.8 Å². The van der Waals surface area contributed by atoms with Gasteiger partial charge in [-0.05, 0) is 19.4 Å². The fraction of sp³-hybridized carbons (Fsp3) is 0.583. The van der Waals surface area contributed by atoms with Crippen LogP contribution in [0.1, 0.15) is 30.9 Å². The van der Waals surface area contributed by atoms with Gasteiger partial charge in [-0.3, -0.25) is 4.68 Å². The van der Waals surface area contributed by atoms with E-state index in [0.717, 1.165) is 42.6 Å². The van der Waals surface area contributed by atoms with Crippen LogP contribution in [0.25, 0.3) is 0 Å². The first kappa shape index (κ1) is 13.3. The molecule has 5 nitrogen and oxygen atoms in total. The molecule has 6 heteroatoms. The molecule has 2 heterocycles. The summed E-state index contributed by atoms with van der Waals surface area (Å²) in [5, 5.41) is 13.7. The summed E-state index contributed by atoms with van der Waals surface area (Å²) >= 11 is 3.41. The Morgan fingerprint density at radius 2 is 2.11 bits per heavy atom. The van der Waals surface area contributed by atoms with Gasteiger partial charge in [0, 0.05) is 24.5 Å². The number of rotatable bonds is 6. The molecule has 0 atom stereocenters. The molecule has 0 unspecified atom stereocenters. The Bertz CT molecular complexity index is 502. The molecular weight excluding hydrogens is 294 g/mol. The highest BCUT2D eigenvalue weighted by Crippen LogP contribution is 2.08. The summed E-state index contributed by atoms with van der Waals surface area (Å²) in [6, 6.07) is 2.15. The van der Waals surface area contributed by atoms with Gasteiger partial charge >= 0.3 is 0 Å². The Balaban J connectivity index is 2.14. The van der Waals surface area contributed by atoms with Crippen LogP contribution in [0.15, 0.2) is 12.3 Å². The van der Waals surface area contributed by atoms with Crippen LogP contribution in [-0.4, -0.2) is 30.1 Å². The molecule has 2 aromatic heterocycles. The minimum absolute atomic E-state index is 0.732. The second-order valence-corrected chi connectivity index (χ2v) is 4.94. The molecule has 2 rings (SSSR count). The third-order valence-corrected chi connectivity index (χ3v) is 3.23. The van der Waals surface area contributed by atoms with E-state index in [4.69, 9.17) is 0 Å². The van der Waals surface area contributed by atoms with E-state index >= 15 is 0 Å². The molecule has 0 bridgehead atoms. The van der Waals surface area contributed by atoms with Crippen LogP contribution in [0.5, 0.6) is 0 Å². The number of halogens is 1. The fourth-order valence-electron chi connectivity index (χ4n) is 1.88. The highest BCUT2D eigenvalue weighted by atomic mass is 79.9. The van der Waals surface area contributed by atoms with Gasteiger partial charge in [-0.25, -0.2) is 4.68 Å². The minimum atomic E-state index is 0.732. The van der Waals surface area contributed by atoms with E-state index in [-0.39, 0.29) is 0 Å². The van der Waals surface area contributed by atoms with Crippen molar-refractivity contribution < 1.29 is 0 Å². The average molecular weight is 312 g/mol. The Labute approximate surface area is 115 Å². The first-order valence-corrected chi connectivity index (χ1v) is 7.39. The van der Waals surface area contributed by atoms with Crippen LogP contribution in [0, 0.1) is 0 Å². The number of hydrogen-bond donors (Lipinski definition) is 0. The SMILES string of the molecule is CCc1cc(Cn2cc(CCBr)nn2)n(CC)n1. The van der Waals surface area contributed by atoms with Crippen molar-refractivity contribution in [3.05, 3.63) is 29.3 Å². The lowest BCUT2D eigenvalue weighted by Gasteiger charge is -2.03. The van der Waals surface area contributed by atoms with Gasteiger partial charge in [0.1, 0.15) is 0 Å². The predicted octanol–water partition coefficient (Wildman–Crippen LogP) is 2.04. The first-order chi connectivity index (χ1) is 8.76. The minimum Gasteiger partial charge on any atom is -0.268 e. The third kappa shape index (κ3) is 2.98. The lowest BCUT2D eigenvalue weighted by atomic mass is 10.3. The smallest absolute Gasteiger partial charge is 0.0846 e. The Morgan fingerprint density at radius 1 is 1.28 bits per heavy atom. The second kappa shape index (κ2) is 6.13. The molecule has 0 saturated carbocycles. The van der Waals surface area contributed by atoms with Crippen LogP contribution in [-0.2, 0) is 25.9 Å². The molecular formula is C12H18BrN5. The van der Waals surface area contributed by atoms with E-state index < -0.39 is 0 Å². The molecule has 18 heavy (non-hydrogen) atoms. The summed E-state index contributed by atoms with van der Waals surface area (Å²) in [5.74, 6) is 0. The van der Waals surface area contributed by atoms with Crippen LogP contribution in [0.4, 0.5) is 0 Å². The molecule has 0 saturated heterocycles. The standard InChI is InChI=1S/C12H18BrN5/c1-3-10-7-12(18(4-2)15-10)9-17-8-11(5-6-13)14-16-17/h7-8H,3-6,9H2,1-2H3. The zero-order valence-corrected chi connectivity index (χ0v) is 12.4. The maximum Gasteiger partial charge on any atom is 0.0846 e. The Morgan fingerprint density at radius 3 is 2.78 bits per heavy atom. The van der Waals surface area contributed by atoms with Crippen molar-refractivity contribution in [1.29, 1.82) is 0 Å². The van der Waals surface area contributed by atoms with Crippen molar-refractivity contribution in [1.82, 2.24) is 24.8 Å². The van der Waals surface area contributed by atoms with Gasteiger partial charge < -0.3 is 0 Å². The van der Waals surface area contributed by atoms with Gasteiger partial charge in [0.15, 0.2) is 0 Å². The van der Waals surface area contributed by atoms with Crippen molar-refractivity contribution >= 4 is 15.9 Å². The summed E-state index contributed by atoms with van der Waals surface area (Å²) in [6.07, 6.45) is 3.87. The molecule has 0 aromatic carbocycles. The number of nitrogens with zero attached hydrogens (tertiary/aromatic N) is 5. The fourth-order valence-corrected chi connectivity index (χ4v) is 2.29. The van der Waals surface area contributed by atoms with Gasteiger partial charge in [-0.15, -0.1) is 5.10 Å². The third-order valence-electron chi connectivity index (χ3n) is 2.84. The van der Waals surface area contributed by atoms with E-state index in [1.165, 1.54) is 5.69 Å². The lowest BCUT2D eigenvalue weighted by molar-refractivity contribution is 0.563. The van der Waals surface area contributed by atoms with Gasteiger partial charge in [-0.1, -0.05) is 28.1 Å². The summed E-state index contributed by atoms with van der Waals surface area (Å²) in [5.41, 5.74) is 3.34. The van der Waals surface area contributed by atoms with E-state index in [9.17, 15) is 0 Å². The van der Waals surface area contributed by atoms with Crippen molar-refractivity contribution in [3.63, 3.8) is 0 Å². The lowest BCUT2D eigenvalue weighted by Crippen LogP contribution is -2.08. The molecule has 0 aliphatic rings. The Hall–Kier alpha value is -1.17. The van der Waals surface area contributed by atoms with Crippen molar-refractivity contribution in [2.75, 3.05) is 5.33 Å². The molecule has 0 radical (unpaired) electrons. The zero-order valence-electron chi connectivity index (χ0n) is 10.8. The van der Waals surface area contributed by atoms with Crippen molar-refractivity contribution in [3.8, 4) is 0 Å². The topological polar surface area (TPSA) is 48.5 Å². The number of alkyl halides is 1. The highest BCUT2D eigenvalue weighted by Gasteiger charge is 2.07. The summed E-state index contributed by atoms with van der Waals surface area (Å²) in [6.45, 7) is 5.84. The van der Waals surface area contributed by atoms with Crippen LogP contribution >= 0.6 is 15.9 Å². The van der Waals surface area contributed by atoms with Crippen LogP contribution < -0.4 is 0 Å². The van der Waals surface area contributed by atoms with E-state index in [1.54, 1.807) is 0 Å². The molecule has 98 valence electrons. The normalized spacial score (nSPS) is 11.1. The number of hydrogen-bond acceptors (Lipinski definition) is 3. The largest absolute Gasteiger partial charge is 0.268 e. The summed E-state index contributed by atoms with van der Waals surface area (Å²) in [7, 11) is 0. The monoisotopic (exact) mass is 311 g/mol. The molecule has 0 N–H and O–H groups in total. The maximum atomic E-state index is 4.53. The molecule has 0 spiro atoms. The number of aryl methyl sites for hydroxylation is 3. The molecule has 2 aromatic rings. The summed E-state index contributed by atoms with van der Waals surface area (Å²) in [4.78, 5) is 0. The summed E-state index contributed by atoms with van der Waals surface area (Å²) < 4.78 is 3.91. The van der Waals surface area contributed by atoms with Gasteiger partial charge in [0.2, 0.25) is 0 Å². The van der Waals surface area contributed by atoms with Gasteiger partial charge in [0.25, 0.3) is 0 Å². The Kier molecular flexibility index (Phi) is 4.52. The van der Waals surface area contributed by atoms with E-state index in [1.807, 2.05) is 15.6 Å². The zero-order chi connectivity index (χ0) is 13.0. The van der Waals surface area contributed by atoms with Crippen LogP contribution in [0.3, 0.4) is 0 Å². The van der Waals surface area contributed by atoms with E-state index in [2.05, 4.69) is 51.3 Å². The average Bonchev–Trinajstić information content (AvgIpc) is 2.97. The van der Waals surface area contributed by atoms with Gasteiger partial charge in [0.05, 0.1) is 23.6 Å². The van der Waals surface area contributed by atoms with E-state index in [0.29, 0.717) is 0 Å². The first-order valence-electron chi connectivity index (χ1n) is 6.27. The predicted molar refractivity (Wildman–Crippen MR) is 73.9 cm³/mol. The number of aromatic nitrogens is 5. The van der Waals surface area contributed by atoms with Gasteiger partial charge in [-0.2, -0.15) is 5.10 Å². The molecule has 0 fully saturated rings. The molecule has 0 aliphatic carbocycles. The second-order valence-electron chi connectivity index (χ2n) is 4.14. The molecule has 0 aliphatic heterocycles.